The van der Waals surface area contributed by atoms with Crippen molar-refractivity contribution < 1.29 is 9.53 Å². The highest BCUT2D eigenvalue weighted by molar-refractivity contribution is 5.70. The Morgan fingerprint density at radius 1 is 1.29 bits per heavy atom. The standard InChI is InChI=1S/C15H28O2/c1-7-13(2,3)11-15(10-12(16)17-6)9-8-14(15,4)5/h7-11H2,1-6H3. The lowest BCUT2D eigenvalue weighted by Crippen LogP contribution is -2.51. The largest absolute Gasteiger partial charge is 0.469 e. The molecule has 0 radical (unpaired) electrons. The molecule has 1 atom stereocenters. The molecule has 1 unspecified atom stereocenters. The summed E-state index contributed by atoms with van der Waals surface area (Å²) in [5.74, 6) is -0.0512. The topological polar surface area (TPSA) is 26.3 Å². The molecule has 1 aliphatic carbocycles. The first-order valence-corrected chi connectivity index (χ1v) is 6.75. The second-order valence-electron chi connectivity index (χ2n) is 7.11. The Morgan fingerprint density at radius 3 is 2.18 bits per heavy atom. The fourth-order valence-corrected chi connectivity index (χ4v) is 3.09. The smallest absolute Gasteiger partial charge is 0.306 e. The van der Waals surface area contributed by atoms with Gasteiger partial charge in [-0.25, -0.2) is 0 Å². The van der Waals surface area contributed by atoms with Crippen LogP contribution >= 0.6 is 0 Å². The first-order valence-electron chi connectivity index (χ1n) is 6.75. The zero-order chi connectivity index (χ0) is 13.3. The van der Waals surface area contributed by atoms with E-state index in [-0.39, 0.29) is 16.8 Å². The second kappa shape index (κ2) is 4.62. The van der Waals surface area contributed by atoms with Crippen molar-refractivity contribution in [1.29, 1.82) is 0 Å². The molecule has 0 saturated heterocycles. The van der Waals surface area contributed by atoms with Crippen molar-refractivity contribution in [3.63, 3.8) is 0 Å². The van der Waals surface area contributed by atoms with Crippen LogP contribution in [0, 0.1) is 16.2 Å². The Morgan fingerprint density at radius 2 is 1.88 bits per heavy atom. The van der Waals surface area contributed by atoms with Crippen LogP contribution in [0.1, 0.15) is 66.7 Å². The molecule has 1 aliphatic rings. The molecule has 0 spiro atoms. The SMILES string of the molecule is CCC(C)(C)CC1(CC(=O)OC)CCC1(C)C. The van der Waals surface area contributed by atoms with Crippen molar-refractivity contribution in [3.05, 3.63) is 0 Å². The predicted molar refractivity (Wildman–Crippen MR) is 70.8 cm³/mol. The quantitative estimate of drug-likeness (QED) is 0.674. The maximum absolute atomic E-state index is 11.7. The van der Waals surface area contributed by atoms with Crippen molar-refractivity contribution in [1.82, 2.24) is 0 Å². The molecule has 0 aromatic carbocycles. The van der Waals surface area contributed by atoms with Gasteiger partial charge in [-0.05, 0) is 35.5 Å². The van der Waals surface area contributed by atoms with E-state index in [1.165, 1.54) is 20.0 Å². The van der Waals surface area contributed by atoms with Gasteiger partial charge in [-0.3, -0.25) is 4.79 Å². The number of hydrogen-bond donors (Lipinski definition) is 0. The molecule has 17 heavy (non-hydrogen) atoms. The molecule has 0 aliphatic heterocycles. The first-order chi connectivity index (χ1) is 7.68. The Labute approximate surface area is 106 Å². The van der Waals surface area contributed by atoms with Crippen LogP contribution in [0.2, 0.25) is 0 Å². The van der Waals surface area contributed by atoms with Gasteiger partial charge in [0.15, 0.2) is 0 Å². The van der Waals surface area contributed by atoms with Crippen LogP contribution in [0.4, 0.5) is 0 Å². The maximum atomic E-state index is 11.7. The molecular weight excluding hydrogens is 212 g/mol. The summed E-state index contributed by atoms with van der Waals surface area (Å²) in [7, 11) is 1.49. The maximum Gasteiger partial charge on any atom is 0.306 e. The van der Waals surface area contributed by atoms with Crippen LogP contribution in [0.15, 0.2) is 0 Å². The summed E-state index contributed by atoms with van der Waals surface area (Å²) in [6, 6.07) is 0. The number of hydrogen-bond acceptors (Lipinski definition) is 2. The molecular formula is C15H28O2. The molecule has 2 heteroatoms. The van der Waals surface area contributed by atoms with Crippen LogP contribution < -0.4 is 0 Å². The lowest BCUT2D eigenvalue weighted by molar-refractivity contribution is -0.156. The van der Waals surface area contributed by atoms with E-state index in [0.29, 0.717) is 11.8 Å². The average molecular weight is 240 g/mol. The van der Waals surface area contributed by atoms with E-state index in [1.807, 2.05) is 0 Å². The van der Waals surface area contributed by atoms with Gasteiger partial charge in [0.25, 0.3) is 0 Å². The second-order valence-corrected chi connectivity index (χ2v) is 7.11. The Balaban J connectivity index is 2.85. The van der Waals surface area contributed by atoms with Crippen molar-refractivity contribution in [2.75, 3.05) is 7.11 Å². The van der Waals surface area contributed by atoms with Gasteiger partial charge in [0.1, 0.15) is 0 Å². The van der Waals surface area contributed by atoms with Gasteiger partial charge >= 0.3 is 5.97 Å². The minimum atomic E-state index is -0.0512. The molecule has 1 rings (SSSR count). The summed E-state index contributed by atoms with van der Waals surface area (Å²) < 4.78 is 4.88. The first kappa shape index (κ1) is 14.5. The zero-order valence-electron chi connectivity index (χ0n) is 12.4. The van der Waals surface area contributed by atoms with Crippen LogP contribution in [0.25, 0.3) is 0 Å². The number of carbonyl (C=O) groups is 1. The third kappa shape index (κ3) is 2.83. The third-order valence-electron chi connectivity index (χ3n) is 5.15. The Bertz CT molecular complexity index is 291. The summed E-state index contributed by atoms with van der Waals surface area (Å²) in [5, 5.41) is 0. The molecule has 0 heterocycles. The number of methoxy groups -OCH3 is 1. The lowest BCUT2D eigenvalue weighted by atomic mass is 9.46. The molecule has 2 nitrogen and oxygen atoms in total. The monoisotopic (exact) mass is 240 g/mol. The van der Waals surface area contributed by atoms with Crippen molar-refractivity contribution in [2.45, 2.75) is 66.7 Å². The van der Waals surface area contributed by atoms with E-state index in [4.69, 9.17) is 4.74 Å². The Kier molecular flexibility index (Phi) is 3.95. The van der Waals surface area contributed by atoms with Crippen molar-refractivity contribution in [3.8, 4) is 0 Å². The van der Waals surface area contributed by atoms with Crippen LogP contribution in [-0.4, -0.2) is 13.1 Å². The van der Waals surface area contributed by atoms with Gasteiger partial charge in [0.05, 0.1) is 13.5 Å². The number of esters is 1. The Hall–Kier alpha value is -0.530. The highest BCUT2D eigenvalue weighted by Crippen LogP contribution is 2.63. The summed E-state index contributed by atoms with van der Waals surface area (Å²) >= 11 is 0. The minimum absolute atomic E-state index is 0.0512. The van der Waals surface area contributed by atoms with Crippen LogP contribution in [0.3, 0.4) is 0 Å². The molecule has 0 aromatic heterocycles. The van der Waals surface area contributed by atoms with Crippen LogP contribution in [-0.2, 0) is 9.53 Å². The van der Waals surface area contributed by atoms with E-state index in [0.717, 1.165) is 12.8 Å². The molecule has 0 aromatic rings. The molecule has 0 bridgehead atoms. The van der Waals surface area contributed by atoms with Gasteiger partial charge in [-0.1, -0.05) is 41.0 Å². The van der Waals surface area contributed by atoms with Gasteiger partial charge < -0.3 is 4.74 Å². The highest BCUT2D eigenvalue weighted by atomic mass is 16.5. The molecule has 1 fully saturated rings. The van der Waals surface area contributed by atoms with Gasteiger partial charge in [-0.15, -0.1) is 0 Å². The van der Waals surface area contributed by atoms with Crippen molar-refractivity contribution in [2.24, 2.45) is 16.2 Å². The molecule has 1 saturated carbocycles. The van der Waals surface area contributed by atoms with Gasteiger partial charge in [-0.2, -0.15) is 0 Å². The predicted octanol–water partition coefficient (Wildman–Crippen LogP) is 4.18. The van der Waals surface area contributed by atoms with Crippen LogP contribution in [0.5, 0.6) is 0 Å². The minimum Gasteiger partial charge on any atom is -0.469 e. The summed E-state index contributed by atoms with van der Waals surface area (Å²) in [4.78, 5) is 11.7. The average Bonchev–Trinajstić information content (AvgIpc) is 2.26. The molecule has 0 N–H and O–H groups in total. The van der Waals surface area contributed by atoms with E-state index in [1.54, 1.807) is 0 Å². The number of rotatable bonds is 5. The van der Waals surface area contributed by atoms with E-state index >= 15 is 0 Å². The highest BCUT2D eigenvalue weighted by Gasteiger charge is 2.55. The summed E-state index contributed by atoms with van der Waals surface area (Å²) in [6.45, 7) is 11.4. The van der Waals surface area contributed by atoms with E-state index < -0.39 is 0 Å². The van der Waals surface area contributed by atoms with Gasteiger partial charge in [0, 0.05) is 0 Å². The van der Waals surface area contributed by atoms with E-state index in [2.05, 4.69) is 34.6 Å². The lowest BCUT2D eigenvalue weighted by Gasteiger charge is -2.58. The third-order valence-corrected chi connectivity index (χ3v) is 5.15. The number of ether oxygens (including phenoxy) is 1. The van der Waals surface area contributed by atoms with Crippen molar-refractivity contribution >= 4 is 5.97 Å². The van der Waals surface area contributed by atoms with E-state index in [9.17, 15) is 4.79 Å². The normalized spacial score (nSPS) is 27.4. The molecule has 0 amide bonds. The summed E-state index contributed by atoms with van der Waals surface area (Å²) in [5.41, 5.74) is 0.735. The summed E-state index contributed by atoms with van der Waals surface area (Å²) in [6.07, 6.45) is 5.26. The zero-order valence-corrected chi connectivity index (χ0v) is 12.4. The fraction of sp³-hybridized carbons (Fsp3) is 0.933. The fourth-order valence-electron chi connectivity index (χ4n) is 3.09. The molecule has 100 valence electrons. The number of carbonyl (C=O) groups excluding carboxylic acids is 1. The van der Waals surface area contributed by atoms with Gasteiger partial charge in [0.2, 0.25) is 0 Å².